The molecule has 0 saturated carbocycles. The Bertz CT molecular complexity index is 805. The standard InChI is InChI=1S/C16H21FN3O4P/c1-24-14-9-12(17)8-13-15(14)18-10-19-16(13)20-5-2-11(3-6-20)4-7-25(21,22)23/h8-11H,2-7H2,1H3,(H2,21,22,23)/p-1. The van der Waals surface area contributed by atoms with Crippen LogP contribution in [0.1, 0.15) is 19.3 Å². The van der Waals surface area contributed by atoms with E-state index in [2.05, 4.69) is 14.9 Å². The van der Waals surface area contributed by atoms with E-state index >= 15 is 0 Å². The van der Waals surface area contributed by atoms with Crippen molar-refractivity contribution in [3.05, 3.63) is 24.3 Å². The van der Waals surface area contributed by atoms with Crippen LogP contribution in [0.2, 0.25) is 0 Å². The van der Waals surface area contributed by atoms with Gasteiger partial charge in [-0.2, -0.15) is 0 Å². The Labute approximate surface area is 145 Å². The van der Waals surface area contributed by atoms with E-state index in [1.807, 2.05) is 0 Å². The van der Waals surface area contributed by atoms with E-state index in [0.29, 0.717) is 42.0 Å². The number of rotatable bonds is 5. The molecular weight excluding hydrogens is 348 g/mol. The number of fused-ring (bicyclic) bond motifs is 1. The summed E-state index contributed by atoms with van der Waals surface area (Å²) in [6.07, 6.45) is 3.29. The zero-order valence-electron chi connectivity index (χ0n) is 13.9. The van der Waals surface area contributed by atoms with E-state index in [0.717, 1.165) is 12.8 Å². The fourth-order valence-corrected chi connectivity index (χ4v) is 3.97. The fraction of sp³-hybridized carbons (Fsp3) is 0.500. The first-order valence-electron chi connectivity index (χ1n) is 8.13. The molecule has 1 aliphatic heterocycles. The largest absolute Gasteiger partial charge is 0.779 e. The van der Waals surface area contributed by atoms with Crippen molar-refractivity contribution in [2.45, 2.75) is 19.3 Å². The Morgan fingerprint density at radius 1 is 1.40 bits per heavy atom. The quantitative estimate of drug-likeness (QED) is 0.805. The third-order valence-corrected chi connectivity index (χ3v) is 5.42. The van der Waals surface area contributed by atoms with Crippen molar-refractivity contribution >= 4 is 24.3 Å². The minimum absolute atomic E-state index is 0.184. The first-order chi connectivity index (χ1) is 11.9. The van der Waals surface area contributed by atoms with Gasteiger partial charge in [-0.25, -0.2) is 14.4 Å². The number of hydrogen-bond acceptors (Lipinski definition) is 6. The third-order valence-electron chi connectivity index (χ3n) is 4.60. The average molecular weight is 368 g/mol. The van der Waals surface area contributed by atoms with E-state index in [1.54, 1.807) is 0 Å². The summed E-state index contributed by atoms with van der Waals surface area (Å²) in [5.41, 5.74) is 0.559. The van der Waals surface area contributed by atoms with Gasteiger partial charge in [-0.3, -0.25) is 0 Å². The van der Waals surface area contributed by atoms with Gasteiger partial charge in [-0.1, -0.05) is 0 Å². The SMILES string of the molecule is COc1cc(F)cc2c(N3CCC(CCP(=O)([O-])O)CC3)ncnc12. The highest BCUT2D eigenvalue weighted by Crippen LogP contribution is 2.36. The Kier molecular flexibility index (Phi) is 5.22. The molecule has 2 aromatic rings. The molecule has 1 aromatic heterocycles. The Hall–Kier alpha value is -1.76. The van der Waals surface area contributed by atoms with Crippen LogP contribution >= 0.6 is 7.60 Å². The van der Waals surface area contributed by atoms with Crippen LogP contribution in [-0.4, -0.2) is 41.2 Å². The van der Waals surface area contributed by atoms with E-state index in [4.69, 9.17) is 9.63 Å². The molecule has 0 bridgehead atoms. The van der Waals surface area contributed by atoms with Crippen LogP contribution in [0.3, 0.4) is 0 Å². The molecule has 2 heterocycles. The highest BCUT2D eigenvalue weighted by atomic mass is 31.2. The molecule has 1 N–H and O–H groups in total. The number of piperidine rings is 1. The predicted molar refractivity (Wildman–Crippen MR) is 90.3 cm³/mol. The van der Waals surface area contributed by atoms with Crippen molar-refractivity contribution in [2.24, 2.45) is 5.92 Å². The van der Waals surface area contributed by atoms with Gasteiger partial charge >= 0.3 is 0 Å². The zero-order valence-corrected chi connectivity index (χ0v) is 14.8. The number of methoxy groups -OCH3 is 1. The molecule has 1 atom stereocenters. The second-order valence-corrected chi connectivity index (χ2v) is 8.00. The molecule has 9 heteroatoms. The molecule has 0 aliphatic carbocycles. The molecule has 25 heavy (non-hydrogen) atoms. The highest BCUT2D eigenvalue weighted by molar-refractivity contribution is 7.50. The second kappa shape index (κ2) is 7.23. The minimum Gasteiger partial charge on any atom is -0.779 e. The van der Waals surface area contributed by atoms with E-state index < -0.39 is 13.4 Å². The maximum atomic E-state index is 13.9. The molecule has 0 spiro atoms. The van der Waals surface area contributed by atoms with Crippen molar-refractivity contribution in [1.82, 2.24) is 9.97 Å². The van der Waals surface area contributed by atoms with E-state index in [-0.39, 0.29) is 12.1 Å². The van der Waals surface area contributed by atoms with Crippen molar-refractivity contribution in [1.29, 1.82) is 0 Å². The number of aromatic nitrogens is 2. The highest BCUT2D eigenvalue weighted by Gasteiger charge is 2.23. The number of ether oxygens (including phenoxy) is 1. The number of halogens is 1. The van der Waals surface area contributed by atoms with Crippen molar-refractivity contribution < 1.29 is 23.5 Å². The summed E-state index contributed by atoms with van der Waals surface area (Å²) >= 11 is 0. The van der Waals surface area contributed by atoms with Gasteiger partial charge in [-0.15, -0.1) is 0 Å². The molecule has 1 fully saturated rings. The van der Waals surface area contributed by atoms with Crippen LogP contribution in [-0.2, 0) is 4.57 Å². The first-order valence-corrected chi connectivity index (χ1v) is 9.89. The molecule has 7 nitrogen and oxygen atoms in total. The van der Waals surface area contributed by atoms with Gasteiger partial charge in [0, 0.05) is 30.7 Å². The fourth-order valence-electron chi connectivity index (χ4n) is 3.28. The minimum atomic E-state index is -4.19. The summed E-state index contributed by atoms with van der Waals surface area (Å²) in [5.74, 6) is 0.843. The number of nitrogens with zero attached hydrogens (tertiary/aromatic N) is 3. The predicted octanol–water partition coefficient (Wildman–Crippen LogP) is 1.93. The summed E-state index contributed by atoms with van der Waals surface area (Å²) in [6, 6.07) is 2.69. The van der Waals surface area contributed by atoms with E-state index in [9.17, 15) is 13.8 Å². The summed E-state index contributed by atoms with van der Waals surface area (Å²) in [6.45, 7) is 1.37. The van der Waals surface area contributed by atoms with Crippen LogP contribution in [0.25, 0.3) is 10.9 Å². The molecule has 3 rings (SSSR count). The molecule has 0 radical (unpaired) electrons. The summed E-state index contributed by atoms with van der Waals surface area (Å²) in [5, 5.41) is 0.595. The summed E-state index contributed by atoms with van der Waals surface area (Å²) in [7, 11) is -2.72. The lowest BCUT2D eigenvalue weighted by Gasteiger charge is -2.34. The molecule has 136 valence electrons. The van der Waals surface area contributed by atoms with Crippen LogP contribution in [0, 0.1) is 11.7 Å². The summed E-state index contributed by atoms with van der Waals surface area (Å²) < 4.78 is 30.0. The number of anilines is 1. The Balaban J connectivity index is 1.78. The lowest BCUT2D eigenvalue weighted by Crippen LogP contribution is -2.34. The number of benzene rings is 1. The van der Waals surface area contributed by atoms with Gasteiger partial charge in [0.2, 0.25) is 0 Å². The van der Waals surface area contributed by atoms with Gasteiger partial charge in [0.05, 0.1) is 7.11 Å². The molecule has 1 unspecified atom stereocenters. The first kappa shape index (κ1) is 18.0. The van der Waals surface area contributed by atoms with Crippen LogP contribution in [0.15, 0.2) is 18.5 Å². The normalized spacial score (nSPS) is 18.3. The van der Waals surface area contributed by atoms with Crippen molar-refractivity contribution in [3.8, 4) is 5.75 Å². The number of hydrogen-bond donors (Lipinski definition) is 1. The Morgan fingerprint density at radius 3 is 2.76 bits per heavy atom. The van der Waals surface area contributed by atoms with Crippen LogP contribution in [0.4, 0.5) is 10.2 Å². The monoisotopic (exact) mass is 368 g/mol. The maximum Gasteiger partial charge on any atom is 0.148 e. The molecule has 1 saturated heterocycles. The van der Waals surface area contributed by atoms with Crippen molar-refractivity contribution in [2.75, 3.05) is 31.3 Å². The smallest absolute Gasteiger partial charge is 0.148 e. The average Bonchev–Trinajstić information content (AvgIpc) is 2.58. The Morgan fingerprint density at radius 2 is 2.12 bits per heavy atom. The lowest BCUT2D eigenvalue weighted by molar-refractivity contribution is -0.193. The summed E-state index contributed by atoms with van der Waals surface area (Å²) in [4.78, 5) is 30.4. The van der Waals surface area contributed by atoms with E-state index in [1.165, 1.54) is 25.6 Å². The third kappa shape index (κ3) is 4.26. The lowest BCUT2D eigenvalue weighted by atomic mass is 9.94. The van der Waals surface area contributed by atoms with Gasteiger partial charge in [0.15, 0.2) is 0 Å². The van der Waals surface area contributed by atoms with Gasteiger partial charge in [0.25, 0.3) is 0 Å². The second-order valence-electron chi connectivity index (χ2n) is 6.28. The maximum absolute atomic E-state index is 13.9. The molecule has 1 aliphatic rings. The zero-order chi connectivity index (χ0) is 18.0. The van der Waals surface area contributed by atoms with Gasteiger partial charge < -0.3 is 24.0 Å². The topological polar surface area (TPSA) is 98.6 Å². The van der Waals surface area contributed by atoms with Gasteiger partial charge in [-0.05, 0) is 31.2 Å². The van der Waals surface area contributed by atoms with Crippen LogP contribution in [0.5, 0.6) is 5.75 Å². The van der Waals surface area contributed by atoms with Gasteiger partial charge in [0.1, 0.15) is 36.8 Å². The van der Waals surface area contributed by atoms with Crippen LogP contribution < -0.4 is 14.5 Å². The van der Waals surface area contributed by atoms with Crippen molar-refractivity contribution in [3.63, 3.8) is 0 Å². The molecule has 0 amide bonds. The molecular formula is C16H20FN3O4P-. The molecule has 1 aromatic carbocycles.